The van der Waals surface area contributed by atoms with Crippen molar-refractivity contribution in [2.45, 2.75) is 33.6 Å². The molecule has 0 radical (unpaired) electrons. The summed E-state index contributed by atoms with van der Waals surface area (Å²) in [6.07, 6.45) is 2.08. The van der Waals surface area contributed by atoms with Gasteiger partial charge in [-0.25, -0.2) is 0 Å². The lowest BCUT2D eigenvalue weighted by atomic mass is 9.91. The van der Waals surface area contributed by atoms with Crippen molar-refractivity contribution in [1.82, 2.24) is 0 Å². The number of nitriles is 1. The number of hydrogen-bond donors (Lipinski definition) is 1. The highest BCUT2D eigenvalue weighted by Crippen LogP contribution is 2.21. The van der Waals surface area contributed by atoms with E-state index >= 15 is 0 Å². The van der Waals surface area contributed by atoms with E-state index in [2.05, 4.69) is 20.8 Å². The second-order valence-corrected chi connectivity index (χ2v) is 4.72. The van der Waals surface area contributed by atoms with Crippen LogP contribution in [0.3, 0.4) is 0 Å². The number of rotatable bonds is 4. The van der Waals surface area contributed by atoms with Crippen LogP contribution in [0.15, 0.2) is 18.2 Å². The maximum atomic E-state index is 9.38. The van der Waals surface area contributed by atoms with Crippen LogP contribution in [-0.2, 0) is 6.42 Å². The van der Waals surface area contributed by atoms with Crippen LogP contribution in [0.5, 0.6) is 5.75 Å². The summed E-state index contributed by atoms with van der Waals surface area (Å²) >= 11 is 0. The maximum absolute atomic E-state index is 9.38. The Morgan fingerprint density at radius 3 is 2.56 bits per heavy atom. The van der Waals surface area contributed by atoms with Gasteiger partial charge in [0.25, 0.3) is 0 Å². The number of phenolic OH excluding ortho intramolecular Hbond substituents is 1. The van der Waals surface area contributed by atoms with Crippen LogP contribution in [0.4, 0.5) is 0 Å². The summed E-state index contributed by atoms with van der Waals surface area (Å²) in [7, 11) is 0. The van der Waals surface area contributed by atoms with Gasteiger partial charge in [-0.1, -0.05) is 26.8 Å². The lowest BCUT2D eigenvalue weighted by Crippen LogP contribution is -2.05. The first kappa shape index (κ1) is 12.6. The van der Waals surface area contributed by atoms with Crippen molar-refractivity contribution in [1.29, 1.82) is 5.26 Å². The first-order valence-corrected chi connectivity index (χ1v) is 5.76. The van der Waals surface area contributed by atoms with Crippen LogP contribution in [0, 0.1) is 23.2 Å². The number of aromatic hydroxyl groups is 1. The zero-order valence-electron chi connectivity index (χ0n) is 10.2. The highest BCUT2D eigenvalue weighted by Gasteiger charge is 2.08. The number of benzene rings is 1. The molecule has 0 saturated heterocycles. The van der Waals surface area contributed by atoms with Gasteiger partial charge in [-0.2, -0.15) is 5.26 Å². The van der Waals surface area contributed by atoms with E-state index in [1.807, 2.05) is 12.1 Å². The quantitative estimate of drug-likeness (QED) is 0.839. The molecule has 0 amide bonds. The lowest BCUT2D eigenvalue weighted by molar-refractivity contribution is 0.392. The number of hydrogen-bond acceptors (Lipinski definition) is 2. The second kappa shape index (κ2) is 5.55. The van der Waals surface area contributed by atoms with Crippen LogP contribution >= 0.6 is 0 Å². The molecule has 0 aromatic heterocycles. The van der Waals surface area contributed by atoms with Crippen molar-refractivity contribution in [3.05, 3.63) is 29.3 Å². The fraction of sp³-hybridized carbons (Fsp3) is 0.500. The van der Waals surface area contributed by atoms with E-state index < -0.39 is 0 Å². The molecule has 0 aliphatic rings. The summed E-state index contributed by atoms with van der Waals surface area (Å²) < 4.78 is 0. The van der Waals surface area contributed by atoms with Gasteiger partial charge in [0, 0.05) is 0 Å². The van der Waals surface area contributed by atoms with E-state index in [0.29, 0.717) is 17.4 Å². The molecule has 1 aromatic carbocycles. The SMILES string of the molecule is CC(C)C(C)CCc1ccc(O)c(C#N)c1. The molecular formula is C14H19NO. The van der Waals surface area contributed by atoms with E-state index in [0.717, 1.165) is 18.4 Å². The van der Waals surface area contributed by atoms with Gasteiger partial charge >= 0.3 is 0 Å². The van der Waals surface area contributed by atoms with E-state index in [1.54, 1.807) is 12.1 Å². The minimum Gasteiger partial charge on any atom is -0.507 e. The van der Waals surface area contributed by atoms with E-state index in [4.69, 9.17) is 5.26 Å². The van der Waals surface area contributed by atoms with Crippen LogP contribution in [0.2, 0.25) is 0 Å². The molecule has 1 N–H and O–H groups in total. The standard InChI is InChI=1S/C14H19NO/c1-10(2)11(3)4-5-12-6-7-14(16)13(8-12)9-15/h6-8,10-11,16H,4-5H2,1-3H3. The Balaban J connectivity index is 2.65. The number of aryl methyl sites for hydroxylation is 1. The average Bonchev–Trinajstić information content (AvgIpc) is 2.27. The third-order valence-electron chi connectivity index (χ3n) is 3.21. The van der Waals surface area contributed by atoms with Crippen LogP contribution < -0.4 is 0 Å². The largest absolute Gasteiger partial charge is 0.507 e. The summed E-state index contributed by atoms with van der Waals surface area (Å²) in [6, 6.07) is 7.27. The van der Waals surface area contributed by atoms with Gasteiger partial charge in [-0.15, -0.1) is 0 Å². The summed E-state index contributed by atoms with van der Waals surface area (Å²) in [5.74, 6) is 1.44. The number of nitrogens with zero attached hydrogens (tertiary/aromatic N) is 1. The molecule has 1 atom stereocenters. The van der Waals surface area contributed by atoms with Gasteiger partial charge in [0.2, 0.25) is 0 Å². The molecule has 0 bridgehead atoms. The van der Waals surface area contributed by atoms with Crippen LogP contribution in [0.25, 0.3) is 0 Å². The molecule has 2 nitrogen and oxygen atoms in total. The molecule has 0 fully saturated rings. The van der Waals surface area contributed by atoms with E-state index in [9.17, 15) is 5.11 Å². The molecule has 1 unspecified atom stereocenters. The first-order valence-electron chi connectivity index (χ1n) is 5.76. The molecule has 0 spiro atoms. The van der Waals surface area contributed by atoms with Gasteiger partial charge < -0.3 is 5.11 Å². The molecule has 0 saturated carbocycles. The Morgan fingerprint density at radius 1 is 1.31 bits per heavy atom. The van der Waals surface area contributed by atoms with Gasteiger partial charge in [-0.3, -0.25) is 0 Å². The molecule has 16 heavy (non-hydrogen) atoms. The highest BCUT2D eigenvalue weighted by atomic mass is 16.3. The summed E-state index contributed by atoms with van der Waals surface area (Å²) in [5, 5.41) is 18.2. The van der Waals surface area contributed by atoms with Crippen molar-refractivity contribution >= 4 is 0 Å². The molecular weight excluding hydrogens is 198 g/mol. The Hall–Kier alpha value is -1.49. The van der Waals surface area contributed by atoms with Gasteiger partial charge in [0.15, 0.2) is 0 Å². The monoisotopic (exact) mass is 217 g/mol. The normalized spacial score (nSPS) is 12.4. The van der Waals surface area contributed by atoms with Crippen LogP contribution in [0.1, 0.15) is 38.3 Å². The smallest absolute Gasteiger partial charge is 0.133 e. The third kappa shape index (κ3) is 3.27. The molecule has 86 valence electrons. The summed E-state index contributed by atoms with van der Waals surface area (Å²) in [5.41, 5.74) is 1.50. The fourth-order valence-corrected chi connectivity index (χ4v) is 1.56. The minimum atomic E-state index is 0.0724. The van der Waals surface area contributed by atoms with Crippen molar-refractivity contribution in [2.75, 3.05) is 0 Å². The molecule has 0 heterocycles. The zero-order valence-corrected chi connectivity index (χ0v) is 10.2. The third-order valence-corrected chi connectivity index (χ3v) is 3.21. The Kier molecular flexibility index (Phi) is 4.37. The summed E-state index contributed by atoms with van der Waals surface area (Å²) in [4.78, 5) is 0. The molecule has 0 aliphatic heterocycles. The minimum absolute atomic E-state index is 0.0724. The molecule has 0 aliphatic carbocycles. The van der Waals surface area contributed by atoms with Crippen molar-refractivity contribution < 1.29 is 5.11 Å². The van der Waals surface area contributed by atoms with E-state index in [1.165, 1.54) is 0 Å². The van der Waals surface area contributed by atoms with Crippen molar-refractivity contribution in [3.63, 3.8) is 0 Å². The summed E-state index contributed by atoms with van der Waals surface area (Å²) in [6.45, 7) is 6.70. The van der Waals surface area contributed by atoms with Gasteiger partial charge in [0.1, 0.15) is 11.8 Å². The van der Waals surface area contributed by atoms with Gasteiger partial charge in [0.05, 0.1) is 5.56 Å². The van der Waals surface area contributed by atoms with Gasteiger partial charge in [-0.05, 0) is 42.4 Å². The Bertz CT molecular complexity index is 390. The van der Waals surface area contributed by atoms with Crippen molar-refractivity contribution in [3.8, 4) is 11.8 Å². The molecule has 1 rings (SSSR count). The molecule has 1 aromatic rings. The first-order chi connectivity index (χ1) is 7.54. The van der Waals surface area contributed by atoms with E-state index in [-0.39, 0.29) is 5.75 Å². The Morgan fingerprint density at radius 2 is 2.00 bits per heavy atom. The van der Waals surface area contributed by atoms with Crippen LogP contribution in [-0.4, -0.2) is 5.11 Å². The average molecular weight is 217 g/mol. The highest BCUT2D eigenvalue weighted by molar-refractivity contribution is 5.44. The second-order valence-electron chi connectivity index (χ2n) is 4.72. The predicted octanol–water partition coefficient (Wildman–Crippen LogP) is 3.49. The lowest BCUT2D eigenvalue weighted by Gasteiger charge is -2.15. The van der Waals surface area contributed by atoms with Crippen molar-refractivity contribution in [2.24, 2.45) is 11.8 Å². The topological polar surface area (TPSA) is 44.0 Å². The number of phenols is 1. The molecule has 2 heteroatoms. The maximum Gasteiger partial charge on any atom is 0.133 e. The fourth-order valence-electron chi connectivity index (χ4n) is 1.56. The Labute approximate surface area is 97.5 Å². The predicted molar refractivity (Wildman–Crippen MR) is 65.1 cm³/mol. The zero-order chi connectivity index (χ0) is 12.1.